The number of halogens is 1. The van der Waals surface area contributed by atoms with Gasteiger partial charge in [0, 0.05) is 22.6 Å². The molecule has 0 aliphatic heterocycles. The number of anilines is 2. The Morgan fingerprint density at radius 1 is 1.13 bits per heavy atom. The first-order valence-corrected chi connectivity index (χ1v) is 10.1. The fourth-order valence-electron chi connectivity index (χ4n) is 2.86. The first kappa shape index (κ1) is 21.6. The molecule has 1 amide bonds. The third-order valence-corrected chi connectivity index (χ3v) is 4.64. The van der Waals surface area contributed by atoms with E-state index < -0.39 is 11.5 Å². The van der Waals surface area contributed by atoms with E-state index in [9.17, 15) is 14.7 Å². The predicted octanol–water partition coefficient (Wildman–Crippen LogP) is 4.12. The molecule has 3 rings (SSSR count). The lowest BCUT2D eigenvalue weighted by Crippen LogP contribution is -2.24. The van der Waals surface area contributed by atoms with Crippen LogP contribution in [0.4, 0.5) is 11.4 Å². The SMILES string of the molecule is CCOc1ccccc1NC(=O)c1c(NCCO)cc(-c2cccc(Br)c2)oc1=O. The second kappa shape index (κ2) is 10.1. The van der Waals surface area contributed by atoms with Crippen molar-refractivity contribution in [3.63, 3.8) is 0 Å². The maximum Gasteiger partial charge on any atom is 0.351 e. The highest BCUT2D eigenvalue weighted by Gasteiger charge is 2.21. The number of hydrogen-bond acceptors (Lipinski definition) is 6. The highest BCUT2D eigenvalue weighted by atomic mass is 79.9. The van der Waals surface area contributed by atoms with Crippen molar-refractivity contribution in [2.24, 2.45) is 0 Å². The maximum absolute atomic E-state index is 12.9. The van der Waals surface area contributed by atoms with Crippen molar-refractivity contribution in [1.82, 2.24) is 0 Å². The van der Waals surface area contributed by atoms with E-state index in [4.69, 9.17) is 9.15 Å². The summed E-state index contributed by atoms with van der Waals surface area (Å²) in [5, 5.41) is 14.8. The Morgan fingerprint density at radius 2 is 1.93 bits per heavy atom. The van der Waals surface area contributed by atoms with Crippen molar-refractivity contribution in [3.8, 4) is 17.1 Å². The predicted molar refractivity (Wildman–Crippen MR) is 119 cm³/mol. The van der Waals surface area contributed by atoms with Gasteiger partial charge in [0.15, 0.2) is 0 Å². The summed E-state index contributed by atoms with van der Waals surface area (Å²) in [5.74, 6) is 0.151. The van der Waals surface area contributed by atoms with Gasteiger partial charge in [-0.3, -0.25) is 4.79 Å². The molecule has 0 atom stereocenters. The van der Waals surface area contributed by atoms with Gasteiger partial charge in [0.2, 0.25) is 0 Å². The highest BCUT2D eigenvalue weighted by molar-refractivity contribution is 9.10. The van der Waals surface area contributed by atoms with Gasteiger partial charge < -0.3 is 24.9 Å². The molecular weight excluding hydrogens is 452 g/mol. The number of carbonyl (C=O) groups excluding carboxylic acids is 1. The van der Waals surface area contributed by atoms with E-state index in [1.165, 1.54) is 0 Å². The summed E-state index contributed by atoms with van der Waals surface area (Å²) in [6.07, 6.45) is 0. The standard InChI is InChI=1S/C22H21BrN2O5/c1-2-29-18-9-4-3-8-16(18)25-21(27)20-17(24-10-11-26)13-19(30-22(20)28)14-6-5-7-15(23)12-14/h3-9,12-13,24,26H,2,10-11H2,1H3,(H,25,27). The van der Waals surface area contributed by atoms with Crippen LogP contribution in [-0.2, 0) is 0 Å². The molecule has 0 bridgehead atoms. The molecule has 1 heterocycles. The molecule has 0 spiro atoms. The lowest BCUT2D eigenvalue weighted by atomic mass is 10.1. The van der Waals surface area contributed by atoms with Crippen LogP contribution in [0, 0.1) is 0 Å². The lowest BCUT2D eigenvalue weighted by molar-refractivity contribution is 0.102. The first-order chi connectivity index (χ1) is 14.5. The topological polar surface area (TPSA) is 101 Å². The van der Waals surface area contributed by atoms with E-state index in [2.05, 4.69) is 26.6 Å². The van der Waals surface area contributed by atoms with Gasteiger partial charge in [-0.15, -0.1) is 0 Å². The summed E-state index contributed by atoms with van der Waals surface area (Å²) in [6.45, 7) is 2.27. The minimum Gasteiger partial charge on any atom is -0.492 e. The second-order valence-corrected chi connectivity index (χ2v) is 7.15. The number of aliphatic hydroxyl groups excluding tert-OH is 1. The normalized spacial score (nSPS) is 10.5. The van der Waals surface area contributed by atoms with Crippen LogP contribution in [0.3, 0.4) is 0 Å². The van der Waals surface area contributed by atoms with Gasteiger partial charge in [-0.25, -0.2) is 4.79 Å². The number of benzene rings is 2. The summed E-state index contributed by atoms with van der Waals surface area (Å²) in [7, 11) is 0. The average Bonchev–Trinajstić information content (AvgIpc) is 2.73. The van der Waals surface area contributed by atoms with Crippen LogP contribution in [0.15, 0.2) is 68.3 Å². The first-order valence-electron chi connectivity index (χ1n) is 9.35. The zero-order valence-corrected chi connectivity index (χ0v) is 17.9. The van der Waals surface area contributed by atoms with Gasteiger partial charge in [-0.05, 0) is 31.2 Å². The van der Waals surface area contributed by atoms with Gasteiger partial charge in [0.25, 0.3) is 5.91 Å². The average molecular weight is 473 g/mol. The molecule has 7 nitrogen and oxygen atoms in total. The number of ether oxygens (including phenoxy) is 1. The highest BCUT2D eigenvalue weighted by Crippen LogP contribution is 2.28. The Hall–Kier alpha value is -3.10. The zero-order chi connectivity index (χ0) is 21.5. The molecule has 0 saturated heterocycles. The summed E-state index contributed by atoms with van der Waals surface area (Å²) in [5.41, 5.74) is 0.393. The van der Waals surface area contributed by atoms with Crippen LogP contribution in [0.25, 0.3) is 11.3 Å². The molecule has 0 aliphatic rings. The number of nitrogens with one attached hydrogen (secondary N) is 2. The molecule has 1 aromatic heterocycles. The molecular formula is C22H21BrN2O5. The number of aliphatic hydroxyl groups is 1. The molecule has 8 heteroatoms. The lowest BCUT2D eigenvalue weighted by Gasteiger charge is -2.14. The van der Waals surface area contributed by atoms with E-state index in [0.717, 1.165) is 4.47 Å². The smallest absolute Gasteiger partial charge is 0.351 e. The Bertz CT molecular complexity index is 1100. The Morgan fingerprint density at radius 3 is 2.67 bits per heavy atom. The molecule has 0 aliphatic carbocycles. The fourth-order valence-corrected chi connectivity index (χ4v) is 3.26. The Kier molecular flexibility index (Phi) is 7.26. The Balaban J connectivity index is 2.01. The summed E-state index contributed by atoms with van der Waals surface area (Å²) in [6, 6.07) is 15.8. The molecule has 0 unspecified atom stereocenters. The molecule has 0 saturated carbocycles. The van der Waals surface area contributed by atoms with Crippen molar-refractivity contribution in [2.75, 3.05) is 30.4 Å². The molecule has 2 aromatic carbocycles. The summed E-state index contributed by atoms with van der Waals surface area (Å²) >= 11 is 3.39. The number of para-hydroxylation sites is 2. The van der Waals surface area contributed by atoms with Crippen molar-refractivity contribution >= 4 is 33.2 Å². The summed E-state index contributed by atoms with van der Waals surface area (Å²) < 4.78 is 11.8. The number of rotatable bonds is 8. The van der Waals surface area contributed by atoms with Crippen LogP contribution in [0.2, 0.25) is 0 Å². The number of amides is 1. The van der Waals surface area contributed by atoms with E-state index in [1.807, 2.05) is 19.1 Å². The quantitative estimate of drug-likeness (QED) is 0.455. The molecule has 3 aromatic rings. The minimum atomic E-state index is -0.792. The minimum absolute atomic E-state index is 0.164. The Labute approximate surface area is 181 Å². The van der Waals surface area contributed by atoms with Gasteiger partial charge >= 0.3 is 5.63 Å². The van der Waals surface area contributed by atoms with Crippen LogP contribution < -0.4 is 21.0 Å². The van der Waals surface area contributed by atoms with Crippen molar-refractivity contribution < 1.29 is 19.1 Å². The molecule has 0 radical (unpaired) electrons. The number of carbonyl (C=O) groups is 1. The van der Waals surface area contributed by atoms with Crippen molar-refractivity contribution in [3.05, 3.63) is 75.1 Å². The van der Waals surface area contributed by atoms with Gasteiger partial charge in [-0.1, -0.05) is 40.2 Å². The van der Waals surface area contributed by atoms with Crippen LogP contribution in [0.5, 0.6) is 5.75 Å². The van der Waals surface area contributed by atoms with E-state index in [1.54, 1.807) is 42.5 Å². The van der Waals surface area contributed by atoms with E-state index in [-0.39, 0.29) is 24.4 Å². The molecule has 3 N–H and O–H groups in total. The van der Waals surface area contributed by atoms with Gasteiger partial charge in [0.05, 0.1) is 24.6 Å². The van der Waals surface area contributed by atoms with E-state index in [0.29, 0.717) is 29.4 Å². The van der Waals surface area contributed by atoms with Crippen LogP contribution in [-0.4, -0.2) is 30.8 Å². The van der Waals surface area contributed by atoms with Crippen LogP contribution >= 0.6 is 15.9 Å². The van der Waals surface area contributed by atoms with Gasteiger partial charge in [-0.2, -0.15) is 0 Å². The third-order valence-electron chi connectivity index (χ3n) is 4.15. The monoisotopic (exact) mass is 472 g/mol. The van der Waals surface area contributed by atoms with E-state index >= 15 is 0 Å². The maximum atomic E-state index is 12.9. The summed E-state index contributed by atoms with van der Waals surface area (Å²) in [4.78, 5) is 25.7. The third kappa shape index (κ3) is 5.08. The fraction of sp³-hybridized carbons (Fsp3) is 0.182. The molecule has 0 fully saturated rings. The zero-order valence-electron chi connectivity index (χ0n) is 16.3. The van der Waals surface area contributed by atoms with Crippen LogP contribution in [0.1, 0.15) is 17.3 Å². The molecule has 156 valence electrons. The molecule has 30 heavy (non-hydrogen) atoms. The number of hydrogen-bond donors (Lipinski definition) is 3. The van der Waals surface area contributed by atoms with Crippen molar-refractivity contribution in [2.45, 2.75) is 6.92 Å². The second-order valence-electron chi connectivity index (χ2n) is 6.23. The van der Waals surface area contributed by atoms with Crippen molar-refractivity contribution in [1.29, 1.82) is 0 Å². The van der Waals surface area contributed by atoms with Gasteiger partial charge in [0.1, 0.15) is 17.1 Å². The largest absolute Gasteiger partial charge is 0.492 e.